The fraction of sp³-hybridized carbons (Fsp3) is 0.133. The summed E-state index contributed by atoms with van der Waals surface area (Å²) in [6.07, 6.45) is 0. The van der Waals surface area contributed by atoms with Gasteiger partial charge in [0.25, 0.3) is 5.91 Å². The number of ether oxygens (including phenoxy) is 1. The van der Waals surface area contributed by atoms with E-state index in [9.17, 15) is 9.18 Å². The molecule has 0 aliphatic rings. The van der Waals surface area contributed by atoms with Crippen molar-refractivity contribution in [3.63, 3.8) is 0 Å². The van der Waals surface area contributed by atoms with Crippen molar-refractivity contribution < 1.29 is 13.9 Å². The second kappa shape index (κ2) is 5.92. The number of hydrogen-bond donors (Lipinski definition) is 1. The highest BCUT2D eigenvalue weighted by molar-refractivity contribution is 6.31. The third-order valence-corrected chi connectivity index (χ3v) is 3.25. The van der Waals surface area contributed by atoms with E-state index in [1.165, 1.54) is 19.2 Å². The van der Waals surface area contributed by atoms with Crippen LogP contribution in [-0.2, 0) is 0 Å². The smallest absolute Gasteiger partial charge is 0.255 e. The molecule has 0 atom stereocenters. The summed E-state index contributed by atoms with van der Waals surface area (Å²) in [4.78, 5) is 12.0. The minimum atomic E-state index is -0.581. The van der Waals surface area contributed by atoms with Crippen molar-refractivity contribution >= 4 is 23.2 Å². The van der Waals surface area contributed by atoms with E-state index in [1.54, 1.807) is 18.2 Å². The lowest BCUT2D eigenvalue weighted by molar-refractivity contribution is 0.102. The zero-order valence-electron chi connectivity index (χ0n) is 11.0. The number of rotatable bonds is 3. The van der Waals surface area contributed by atoms with E-state index in [0.717, 1.165) is 11.6 Å². The van der Waals surface area contributed by atoms with Crippen LogP contribution < -0.4 is 10.1 Å². The molecule has 0 saturated carbocycles. The fourth-order valence-electron chi connectivity index (χ4n) is 1.68. The van der Waals surface area contributed by atoms with Crippen molar-refractivity contribution in [2.24, 2.45) is 0 Å². The Morgan fingerprint density at radius 1 is 1.25 bits per heavy atom. The summed E-state index contributed by atoms with van der Waals surface area (Å²) < 4.78 is 18.3. The van der Waals surface area contributed by atoms with Gasteiger partial charge in [-0.25, -0.2) is 4.39 Å². The number of aryl methyl sites for hydroxylation is 1. The first-order valence-electron chi connectivity index (χ1n) is 5.92. The molecule has 0 bridgehead atoms. The van der Waals surface area contributed by atoms with Crippen LogP contribution in [0.1, 0.15) is 15.9 Å². The Morgan fingerprint density at radius 2 is 2.00 bits per heavy atom. The van der Waals surface area contributed by atoms with E-state index in [4.69, 9.17) is 16.3 Å². The Labute approximate surface area is 121 Å². The first kappa shape index (κ1) is 14.3. The summed E-state index contributed by atoms with van der Waals surface area (Å²) in [7, 11) is 1.37. The van der Waals surface area contributed by atoms with Crippen LogP contribution in [0, 0.1) is 12.7 Å². The molecule has 5 heteroatoms. The highest BCUT2D eigenvalue weighted by Gasteiger charge is 2.10. The predicted molar refractivity (Wildman–Crippen MR) is 77.1 cm³/mol. The molecule has 2 aromatic carbocycles. The quantitative estimate of drug-likeness (QED) is 0.927. The van der Waals surface area contributed by atoms with Crippen LogP contribution in [0.5, 0.6) is 5.75 Å². The van der Waals surface area contributed by atoms with Crippen LogP contribution in [0.15, 0.2) is 36.4 Å². The molecule has 1 N–H and O–H groups in total. The van der Waals surface area contributed by atoms with E-state index in [2.05, 4.69) is 5.32 Å². The van der Waals surface area contributed by atoms with Crippen LogP contribution in [0.3, 0.4) is 0 Å². The number of amides is 1. The minimum Gasteiger partial charge on any atom is -0.494 e. The molecule has 2 rings (SSSR count). The Morgan fingerprint density at radius 3 is 2.60 bits per heavy atom. The number of hydrogen-bond acceptors (Lipinski definition) is 2. The Bertz CT molecular complexity index is 658. The summed E-state index contributed by atoms with van der Waals surface area (Å²) in [5, 5.41) is 3.22. The van der Waals surface area contributed by atoms with Gasteiger partial charge in [0.2, 0.25) is 0 Å². The van der Waals surface area contributed by atoms with E-state index in [0.29, 0.717) is 10.7 Å². The van der Waals surface area contributed by atoms with Gasteiger partial charge >= 0.3 is 0 Å². The van der Waals surface area contributed by atoms with E-state index in [-0.39, 0.29) is 11.3 Å². The molecule has 1 amide bonds. The molecule has 0 aliphatic carbocycles. The second-order valence-corrected chi connectivity index (χ2v) is 4.67. The zero-order valence-corrected chi connectivity index (χ0v) is 11.8. The van der Waals surface area contributed by atoms with Gasteiger partial charge in [0, 0.05) is 16.3 Å². The first-order valence-corrected chi connectivity index (χ1v) is 6.30. The number of benzene rings is 2. The molecular weight excluding hydrogens is 281 g/mol. The van der Waals surface area contributed by atoms with Gasteiger partial charge in [-0.1, -0.05) is 17.7 Å². The number of methoxy groups -OCH3 is 1. The molecule has 0 aromatic heterocycles. The number of anilines is 1. The van der Waals surface area contributed by atoms with Gasteiger partial charge in [-0.15, -0.1) is 0 Å². The average molecular weight is 294 g/mol. The van der Waals surface area contributed by atoms with Crippen molar-refractivity contribution in [3.05, 3.63) is 58.4 Å². The molecule has 20 heavy (non-hydrogen) atoms. The minimum absolute atomic E-state index is 0.0972. The van der Waals surface area contributed by atoms with Crippen molar-refractivity contribution in [3.8, 4) is 5.75 Å². The standard InChI is InChI=1S/C15H13ClFNO2/c1-9-3-5-11(8-12(9)16)18-15(19)10-4-6-14(20-2)13(17)7-10/h3-8H,1-2H3,(H,18,19). The Hall–Kier alpha value is -2.07. The lowest BCUT2D eigenvalue weighted by Crippen LogP contribution is -2.12. The van der Waals surface area contributed by atoms with Crippen molar-refractivity contribution in [2.45, 2.75) is 6.92 Å². The molecule has 0 aliphatic heterocycles. The Balaban J connectivity index is 2.19. The number of halogens is 2. The first-order chi connectivity index (χ1) is 9.51. The van der Waals surface area contributed by atoms with E-state index < -0.39 is 11.7 Å². The maximum atomic E-state index is 13.5. The normalized spacial score (nSPS) is 10.2. The number of carbonyl (C=O) groups excluding carboxylic acids is 1. The average Bonchev–Trinajstić information content (AvgIpc) is 2.42. The van der Waals surface area contributed by atoms with Crippen LogP contribution >= 0.6 is 11.6 Å². The highest BCUT2D eigenvalue weighted by atomic mass is 35.5. The molecule has 0 unspecified atom stereocenters. The molecule has 0 radical (unpaired) electrons. The molecule has 3 nitrogen and oxygen atoms in total. The van der Waals surface area contributed by atoms with Crippen molar-refractivity contribution in [1.82, 2.24) is 0 Å². The predicted octanol–water partition coefficient (Wildman–Crippen LogP) is 4.05. The van der Waals surface area contributed by atoms with Gasteiger partial charge in [0.15, 0.2) is 11.6 Å². The van der Waals surface area contributed by atoms with Gasteiger partial charge in [0.05, 0.1) is 7.11 Å². The fourth-order valence-corrected chi connectivity index (χ4v) is 1.86. The molecule has 0 saturated heterocycles. The molecule has 104 valence electrons. The van der Waals surface area contributed by atoms with Crippen LogP contribution in [0.2, 0.25) is 5.02 Å². The highest BCUT2D eigenvalue weighted by Crippen LogP contribution is 2.22. The third-order valence-electron chi connectivity index (χ3n) is 2.84. The van der Waals surface area contributed by atoms with Crippen LogP contribution in [0.4, 0.5) is 10.1 Å². The summed E-state index contributed by atoms with van der Waals surface area (Å²) in [5.41, 5.74) is 1.68. The zero-order chi connectivity index (χ0) is 14.7. The molecular formula is C15H13ClFNO2. The molecule has 2 aromatic rings. The lowest BCUT2D eigenvalue weighted by Gasteiger charge is -2.08. The van der Waals surface area contributed by atoms with E-state index >= 15 is 0 Å². The molecule has 0 spiro atoms. The largest absolute Gasteiger partial charge is 0.494 e. The van der Waals surface area contributed by atoms with Gasteiger partial charge in [-0.2, -0.15) is 0 Å². The maximum absolute atomic E-state index is 13.5. The van der Waals surface area contributed by atoms with Gasteiger partial charge < -0.3 is 10.1 Å². The van der Waals surface area contributed by atoms with Crippen LogP contribution in [0.25, 0.3) is 0 Å². The van der Waals surface area contributed by atoms with Gasteiger partial charge in [0.1, 0.15) is 0 Å². The van der Waals surface area contributed by atoms with Gasteiger partial charge in [-0.05, 0) is 42.8 Å². The molecule has 0 heterocycles. The van der Waals surface area contributed by atoms with Crippen molar-refractivity contribution in [2.75, 3.05) is 12.4 Å². The Kier molecular flexibility index (Phi) is 4.25. The third kappa shape index (κ3) is 3.08. The number of carbonyl (C=O) groups is 1. The monoisotopic (exact) mass is 293 g/mol. The second-order valence-electron chi connectivity index (χ2n) is 4.27. The summed E-state index contributed by atoms with van der Waals surface area (Å²) in [6, 6.07) is 9.21. The summed E-state index contributed by atoms with van der Waals surface area (Å²) >= 11 is 5.98. The SMILES string of the molecule is COc1ccc(C(=O)Nc2ccc(C)c(Cl)c2)cc1F. The lowest BCUT2D eigenvalue weighted by atomic mass is 10.1. The topological polar surface area (TPSA) is 38.3 Å². The van der Waals surface area contributed by atoms with Crippen molar-refractivity contribution in [1.29, 1.82) is 0 Å². The van der Waals surface area contributed by atoms with Crippen LogP contribution in [-0.4, -0.2) is 13.0 Å². The summed E-state index contributed by atoms with van der Waals surface area (Å²) in [6.45, 7) is 1.87. The maximum Gasteiger partial charge on any atom is 0.255 e. The summed E-state index contributed by atoms with van der Waals surface area (Å²) in [5.74, 6) is -0.895. The van der Waals surface area contributed by atoms with Gasteiger partial charge in [-0.3, -0.25) is 4.79 Å². The van der Waals surface area contributed by atoms with E-state index in [1.807, 2.05) is 6.92 Å². The number of nitrogens with one attached hydrogen (secondary N) is 1. The molecule has 0 fully saturated rings.